The van der Waals surface area contributed by atoms with E-state index in [0.717, 1.165) is 5.56 Å². The van der Waals surface area contributed by atoms with Gasteiger partial charge in [-0.25, -0.2) is 13.6 Å². The van der Waals surface area contributed by atoms with E-state index in [1.807, 2.05) is 0 Å². The lowest BCUT2D eigenvalue weighted by molar-refractivity contribution is -0.127. The summed E-state index contributed by atoms with van der Waals surface area (Å²) >= 11 is 0. The van der Waals surface area contributed by atoms with Gasteiger partial charge in [0.1, 0.15) is 0 Å². The highest BCUT2D eigenvalue weighted by atomic mass is 32.2. The Balaban J connectivity index is 2.02. The molecule has 24 heavy (non-hydrogen) atoms. The van der Waals surface area contributed by atoms with Crippen LogP contribution in [0.5, 0.6) is 17.2 Å². The molecule has 1 saturated heterocycles. The van der Waals surface area contributed by atoms with Crippen LogP contribution in [-0.2, 0) is 21.2 Å². The van der Waals surface area contributed by atoms with E-state index in [1.54, 1.807) is 17.0 Å². The molecule has 9 heteroatoms. The molecule has 1 aliphatic heterocycles. The fourth-order valence-corrected chi connectivity index (χ4v) is 3.75. The monoisotopic (exact) mass is 358 g/mol. The van der Waals surface area contributed by atoms with Crippen molar-refractivity contribution in [1.29, 1.82) is 0 Å². The van der Waals surface area contributed by atoms with E-state index >= 15 is 0 Å². The number of methoxy groups -OCH3 is 2. The number of carbonyl (C=O) groups excluding carboxylic acids is 1. The molecule has 1 fully saturated rings. The maximum absolute atomic E-state index is 12.0. The first-order valence-electron chi connectivity index (χ1n) is 7.45. The smallest absolute Gasteiger partial charge is 0.222 e. The molecular formula is C15H22N2O6S. The summed E-state index contributed by atoms with van der Waals surface area (Å²) in [5, 5.41) is 14.9. The van der Waals surface area contributed by atoms with Crippen molar-refractivity contribution < 1.29 is 27.8 Å². The van der Waals surface area contributed by atoms with Gasteiger partial charge in [0.15, 0.2) is 11.5 Å². The largest absolute Gasteiger partial charge is 0.502 e. The first-order valence-corrected chi connectivity index (χ1v) is 9.17. The summed E-state index contributed by atoms with van der Waals surface area (Å²) in [6.07, 6.45) is 0.722. The summed E-state index contributed by atoms with van der Waals surface area (Å²) in [7, 11) is -0.695. The predicted molar refractivity (Wildman–Crippen MR) is 87.6 cm³/mol. The lowest BCUT2D eigenvalue weighted by Gasteiger charge is -2.17. The van der Waals surface area contributed by atoms with Crippen molar-refractivity contribution in [3.05, 3.63) is 17.7 Å². The van der Waals surface area contributed by atoms with Crippen molar-refractivity contribution in [1.82, 2.24) is 4.90 Å². The van der Waals surface area contributed by atoms with Crippen LogP contribution in [-0.4, -0.2) is 57.4 Å². The average molecular weight is 358 g/mol. The van der Waals surface area contributed by atoms with E-state index in [0.29, 0.717) is 31.0 Å². The number of nitrogens with zero attached hydrogens (tertiary/aromatic N) is 1. The molecule has 1 unspecified atom stereocenters. The van der Waals surface area contributed by atoms with Gasteiger partial charge in [0.25, 0.3) is 0 Å². The Morgan fingerprint density at radius 1 is 1.29 bits per heavy atom. The number of carbonyl (C=O) groups is 1. The number of amides is 1. The second kappa shape index (κ2) is 7.27. The van der Waals surface area contributed by atoms with Gasteiger partial charge in [0.2, 0.25) is 21.7 Å². The van der Waals surface area contributed by atoms with E-state index < -0.39 is 10.0 Å². The number of rotatable bonds is 7. The summed E-state index contributed by atoms with van der Waals surface area (Å²) in [6, 6.07) is 3.36. The van der Waals surface area contributed by atoms with Gasteiger partial charge in [-0.2, -0.15) is 0 Å². The molecule has 1 atom stereocenters. The van der Waals surface area contributed by atoms with Gasteiger partial charge in [-0.15, -0.1) is 0 Å². The quantitative estimate of drug-likeness (QED) is 0.713. The van der Waals surface area contributed by atoms with Gasteiger partial charge >= 0.3 is 0 Å². The Bertz CT molecular complexity index is 694. The molecule has 1 amide bonds. The molecule has 0 aromatic heterocycles. The Kier molecular flexibility index (Phi) is 5.55. The topological polar surface area (TPSA) is 119 Å². The van der Waals surface area contributed by atoms with Crippen molar-refractivity contribution in [2.75, 3.05) is 33.1 Å². The number of sulfonamides is 1. The van der Waals surface area contributed by atoms with Gasteiger partial charge in [-0.05, 0) is 24.1 Å². The first kappa shape index (κ1) is 18.3. The van der Waals surface area contributed by atoms with Crippen molar-refractivity contribution >= 4 is 15.9 Å². The zero-order chi connectivity index (χ0) is 17.9. The molecule has 1 heterocycles. The van der Waals surface area contributed by atoms with Gasteiger partial charge in [-0.3, -0.25) is 4.79 Å². The molecule has 1 aliphatic rings. The van der Waals surface area contributed by atoms with Crippen LogP contribution in [0.1, 0.15) is 12.0 Å². The first-order chi connectivity index (χ1) is 11.2. The minimum absolute atomic E-state index is 0.0748. The van der Waals surface area contributed by atoms with Gasteiger partial charge < -0.3 is 19.5 Å². The van der Waals surface area contributed by atoms with E-state index in [2.05, 4.69) is 0 Å². The van der Waals surface area contributed by atoms with Crippen LogP contribution in [0.2, 0.25) is 0 Å². The third kappa shape index (κ3) is 4.51. The molecule has 0 bridgehead atoms. The van der Waals surface area contributed by atoms with E-state index in [4.69, 9.17) is 14.6 Å². The highest BCUT2D eigenvalue weighted by Gasteiger charge is 2.31. The summed E-state index contributed by atoms with van der Waals surface area (Å²) in [6.45, 7) is 0.818. The SMILES string of the molecule is COc1cc(CCN2CC(CS(N)(=O)=O)CC2=O)cc(OC)c1O. The van der Waals surface area contributed by atoms with Crippen LogP contribution in [0.4, 0.5) is 0 Å². The average Bonchev–Trinajstić information content (AvgIpc) is 2.83. The fourth-order valence-electron chi connectivity index (χ4n) is 2.87. The van der Waals surface area contributed by atoms with Crippen molar-refractivity contribution in [2.45, 2.75) is 12.8 Å². The lowest BCUT2D eigenvalue weighted by atomic mass is 10.1. The molecule has 0 spiro atoms. The molecule has 2 rings (SSSR count). The maximum Gasteiger partial charge on any atom is 0.222 e. The second-order valence-electron chi connectivity index (χ2n) is 5.84. The van der Waals surface area contributed by atoms with Crippen LogP contribution < -0.4 is 14.6 Å². The molecule has 0 aliphatic carbocycles. The predicted octanol–water partition coefficient (Wildman–Crippen LogP) is 0.0889. The Morgan fingerprint density at radius 3 is 2.38 bits per heavy atom. The van der Waals surface area contributed by atoms with E-state index in [1.165, 1.54) is 14.2 Å². The highest BCUT2D eigenvalue weighted by Crippen LogP contribution is 2.37. The van der Waals surface area contributed by atoms with E-state index in [9.17, 15) is 18.3 Å². The summed E-state index contributed by atoms with van der Waals surface area (Å²) in [5.74, 6) is -0.0174. The zero-order valence-corrected chi connectivity index (χ0v) is 14.5. The third-order valence-electron chi connectivity index (χ3n) is 3.97. The van der Waals surface area contributed by atoms with Gasteiger partial charge in [0, 0.05) is 25.4 Å². The molecule has 1 aromatic carbocycles. The Morgan fingerprint density at radius 2 is 1.88 bits per heavy atom. The van der Waals surface area contributed by atoms with Crippen LogP contribution >= 0.6 is 0 Å². The Hall–Kier alpha value is -2.00. The molecule has 134 valence electrons. The van der Waals surface area contributed by atoms with Gasteiger partial charge in [0.05, 0.1) is 20.0 Å². The molecule has 3 N–H and O–H groups in total. The summed E-state index contributed by atoms with van der Waals surface area (Å²) < 4.78 is 32.5. The number of hydrogen-bond acceptors (Lipinski definition) is 6. The third-order valence-corrected chi connectivity index (χ3v) is 4.91. The Labute approximate surface area is 141 Å². The van der Waals surface area contributed by atoms with Crippen LogP contribution in [0, 0.1) is 5.92 Å². The standard InChI is InChI=1S/C15H22N2O6S/c1-22-12-5-10(6-13(23-2)15(12)19)3-4-17-8-11(7-14(17)18)9-24(16,20)21/h5-6,11,19H,3-4,7-9H2,1-2H3,(H2,16,20,21). The van der Waals surface area contributed by atoms with Crippen molar-refractivity contribution in [3.63, 3.8) is 0 Å². The number of nitrogens with two attached hydrogens (primary N) is 1. The molecule has 8 nitrogen and oxygen atoms in total. The summed E-state index contributed by atoms with van der Waals surface area (Å²) in [5.41, 5.74) is 0.837. The zero-order valence-electron chi connectivity index (χ0n) is 13.7. The number of hydrogen-bond donors (Lipinski definition) is 2. The highest BCUT2D eigenvalue weighted by molar-refractivity contribution is 7.89. The van der Waals surface area contributed by atoms with E-state index in [-0.39, 0.29) is 29.7 Å². The van der Waals surface area contributed by atoms with Crippen LogP contribution in [0.25, 0.3) is 0 Å². The molecular weight excluding hydrogens is 336 g/mol. The number of aromatic hydroxyl groups is 1. The molecule has 1 aromatic rings. The normalized spacial score (nSPS) is 18.0. The minimum Gasteiger partial charge on any atom is -0.502 e. The number of phenols is 1. The number of phenolic OH excluding ortho intramolecular Hbond substituents is 1. The molecule has 0 radical (unpaired) electrons. The second-order valence-corrected chi connectivity index (χ2v) is 7.50. The van der Waals surface area contributed by atoms with Crippen LogP contribution in [0.3, 0.4) is 0 Å². The molecule has 0 saturated carbocycles. The maximum atomic E-state index is 12.0. The summed E-state index contributed by atoms with van der Waals surface area (Å²) in [4.78, 5) is 13.6. The fraction of sp³-hybridized carbons (Fsp3) is 0.533. The van der Waals surface area contributed by atoms with Crippen molar-refractivity contribution in [3.8, 4) is 17.2 Å². The number of benzene rings is 1. The van der Waals surface area contributed by atoms with Gasteiger partial charge in [-0.1, -0.05) is 0 Å². The van der Waals surface area contributed by atoms with Crippen molar-refractivity contribution in [2.24, 2.45) is 11.1 Å². The lowest BCUT2D eigenvalue weighted by Crippen LogP contribution is -2.29. The minimum atomic E-state index is -3.58. The van der Waals surface area contributed by atoms with Crippen LogP contribution in [0.15, 0.2) is 12.1 Å². The number of likely N-dealkylation sites (tertiary alicyclic amines) is 1. The number of primary sulfonamides is 1. The number of ether oxygens (including phenoxy) is 2.